The van der Waals surface area contributed by atoms with E-state index in [2.05, 4.69) is 15.1 Å². The van der Waals surface area contributed by atoms with Crippen molar-refractivity contribution in [2.45, 2.75) is 11.8 Å². The van der Waals surface area contributed by atoms with Gasteiger partial charge in [0.1, 0.15) is 16.5 Å². The molecule has 0 saturated carbocycles. The summed E-state index contributed by atoms with van der Waals surface area (Å²) in [6.45, 7) is 1.85. The van der Waals surface area contributed by atoms with E-state index in [1.807, 2.05) is 43.3 Å². The lowest BCUT2D eigenvalue weighted by atomic mass is 10.3. The van der Waals surface area contributed by atoms with Gasteiger partial charge in [0, 0.05) is 11.8 Å². The molecule has 0 aliphatic rings. The fourth-order valence-electron chi connectivity index (χ4n) is 2.41. The van der Waals surface area contributed by atoms with E-state index in [1.54, 1.807) is 4.68 Å². The third-order valence-electron chi connectivity index (χ3n) is 3.59. The van der Waals surface area contributed by atoms with Crippen molar-refractivity contribution in [3.63, 3.8) is 0 Å². The molecule has 0 fully saturated rings. The Morgan fingerprint density at radius 3 is 2.44 bits per heavy atom. The van der Waals surface area contributed by atoms with Crippen LogP contribution in [0, 0.1) is 12.7 Å². The molecule has 0 aliphatic carbocycles. The van der Waals surface area contributed by atoms with Gasteiger partial charge in [0.25, 0.3) is 0 Å². The molecule has 0 unspecified atom stereocenters. The molecule has 130 valence electrons. The molecular weight excluding hydrogens is 343 g/mol. The van der Waals surface area contributed by atoms with Crippen LogP contribution < -0.4 is 10.0 Å². The summed E-state index contributed by atoms with van der Waals surface area (Å²) in [4.78, 5) is -0.395. The summed E-state index contributed by atoms with van der Waals surface area (Å²) in [6, 6.07) is 15.2. The van der Waals surface area contributed by atoms with Crippen molar-refractivity contribution in [3.8, 4) is 5.69 Å². The average Bonchev–Trinajstić information content (AvgIpc) is 2.96. The van der Waals surface area contributed by atoms with Crippen LogP contribution in [0.1, 0.15) is 5.69 Å². The Bertz CT molecular complexity index is 1000. The van der Waals surface area contributed by atoms with Gasteiger partial charge in [0.05, 0.1) is 11.4 Å². The van der Waals surface area contributed by atoms with E-state index in [1.165, 1.54) is 19.2 Å². The van der Waals surface area contributed by atoms with Crippen molar-refractivity contribution in [2.75, 3.05) is 12.4 Å². The Balaban J connectivity index is 1.95. The summed E-state index contributed by atoms with van der Waals surface area (Å²) in [7, 11) is -2.60. The molecule has 0 bridgehead atoms. The second-order valence-corrected chi connectivity index (χ2v) is 7.25. The Labute approximate surface area is 145 Å². The van der Waals surface area contributed by atoms with E-state index in [0.29, 0.717) is 11.5 Å². The number of nitrogens with zero attached hydrogens (tertiary/aromatic N) is 2. The number of aryl methyl sites for hydroxylation is 1. The zero-order valence-electron chi connectivity index (χ0n) is 13.7. The molecule has 6 nitrogen and oxygen atoms in total. The first kappa shape index (κ1) is 17.1. The van der Waals surface area contributed by atoms with Gasteiger partial charge in [-0.25, -0.2) is 22.2 Å². The van der Waals surface area contributed by atoms with E-state index >= 15 is 0 Å². The molecule has 2 N–H and O–H groups in total. The number of nitrogens with one attached hydrogen (secondary N) is 2. The molecule has 0 spiro atoms. The topological polar surface area (TPSA) is 76.0 Å². The molecule has 1 aromatic heterocycles. The highest BCUT2D eigenvalue weighted by atomic mass is 32.2. The summed E-state index contributed by atoms with van der Waals surface area (Å²) >= 11 is 0. The highest BCUT2D eigenvalue weighted by Crippen LogP contribution is 2.24. The first-order valence-corrected chi connectivity index (χ1v) is 9.01. The summed E-state index contributed by atoms with van der Waals surface area (Å²) in [5.41, 5.74) is 2.07. The molecule has 3 aromatic rings. The smallest absolute Gasteiger partial charge is 0.243 e. The van der Waals surface area contributed by atoms with Crippen LogP contribution in [0.4, 0.5) is 15.9 Å². The minimum absolute atomic E-state index is 0.395. The van der Waals surface area contributed by atoms with Crippen molar-refractivity contribution >= 4 is 21.5 Å². The van der Waals surface area contributed by atoms with Crippen molar-refractivity contribution < 1.29 is 12.8 Å². The quantitative estimate of drug-likeness (QED) is 0.733. The number of para-hydroxylation sites is 1. The van der Waals surface area contributed by atoms with E-state index in [-0.39, 0.29) is 0 Å². The number of aromatic nitrogens is 2. The molecule has 0 aliphatic heterocycles. The van der Waals surface area contributed by atoms with Gasteiger partial charge in [0.15, 0.2) is 0 Å². The SMILES string of the molecule is CNS(=O)(=O)c1ccc(Nc2cc(C)nn2-c2ccccc2)cc1F. The number of hydrogen-bond donors (Lipinski definition) is 2. The maximum Gasteiger partial charge on any atom is 0.243 e. The Morgan fingerprint density at radius 2 is 1.80 bits per heavy atom. The number of benzene rings is 2. The van der Waals surface area contributed by atoms with Crippen molar-refractivity contribution in [1.82, 2.24) is 14.5 Å². The van der Waals surface area contributed by atoms with Gasteiger partial charge in [-0.1, -0.05) is 18.2 Å². The van der Waals surface area contributed by atoms with Crippen molar-refractivity contribution in [1.29, 1.82) is 0 Å². The molecule has 25 heavy (non-hydrogen) atoms. The van der Waals surface area contributed by atoms with Crippen molar-refractivity contribution in [2.24, 2.45) is 0 Å². The number of anilines is 2. The number of halogens is 1. The molecule has 2 aromatic carbocycles. The minimum atomic E-state index is -3.84. The second-order valence-electron chi connectivity index (χ2n) is 5.40. The number of sulfonamides is 1. The van der Waals surface area contributed by atoms with E-state index < -0.39 is 20.7 Å². The first-order chi connectivity index (χ1) is 11.9. The highest BCUT2D eigenvalue weighted by Gasteiger charge is 2.17. The molecule has 1 heterocycles. The highest BCUT2D eigenvalue weighted by molar-refractivity contribution is 7.89. The van der Waals surface area contributed by atoms with Gasteiger partial charge >= 0.3 is 0 Å². The first-order valence-electron chi connectivity index (χ1n) is 7.53. The van der Waals surface area contributed by atoms with E-state index in [9.17, 15) is 12.8 Å². The lowest BCUT2D eigenvalue weighted by Gasteiger charge is -2.11. The van der Waals surface area contributed by atoms with Crippen LogP contribution in [-0.2, 0) is 10.0 Å². The van der Waals surface area contributed by atoms with Crippen LogP contribution in [0.25, 0.3) is 5.69 Å². The monoisotopic (exact) mass is 360 g/mol. The predicted octanol–water partition coefficient (Wildman–Crippen LogP) is 2.97. The van der Waals surface area contributed by atoms with Crippen LogP contribution in [0.3, 0.4) is 0 Å². The number of rotatable bonds is 5. The zero-order chi connectivity index (χ0) is 18.0. The third kappa shape index (κ3) is 3.54. The summed E-state index contributed by atoms with van der Waals surface area (Å²) in [5.74, 6) is -0.186. The van der Waals surface area contributed by atoms with E-state index in [0.717, 1.165) is 17.4 Å². The molecular formula is C17H17FN4O2S. The molecule has 3 rings (SSSR count). The maximum atomic E-state index is 14.2. The van der Waals surface area contributed by atoms with Crippen LogP contribution in [0.2, 0.25) is 0 Å². The maximum absolute atomic E-state index is 14.2. The Morgan fingerprint density at radius 1 is 1.08 bits per heavy atom. The largest absolute Gasteiger partial charge is 0.340 e. The minimum Gasteiger partial charge on any atom is -0.340 e. The normalized spacial score (nSPS) is 11.5. The molecule has 8 heteroatoms. The zero-order valence-corrected chi connectivity index (χ0v) is 14.5. The fourth-order valence-corrected chi connectivity index (χ4v) is 3.19. The van der Waals surface area contributed by atoms with Gasteiger partial charge in [-0.2, -0.15) is 5.10 Å². The summed E-state index contributed by atoms with van der Waals surface area (Å²) in [6.07, 6.45) is 0. The van der Waals surface area contributed by atoms with Gasteiger partial charge in [-0.05, 0) is 44.3 Å². The second kappa shape index (κ2) is 6.66. The van der Waals surface area contributed by atoms with Crippen LogP contribution >= 0.6 is 0 Å². The average molecular weight is 360 g/mol. The third-order valence-corrected chi connectivity index (χ3v) is 5.04. The van der Waals surface area contributed by atoms with E-state index in [4.69, 9.17) is 0 Å². The molecule has 0 atom stereocenters. The molecule has 0 amide bonds. The summed E-state index contributed by atoms with van der Waals surface area (Å²) < 4.78 is 41.5. The van der Waals surface area contributed by atoms with Gasteiger partial charge < -0.3 is 5.32 Å². The van der Waals surface area contributed by atoms with Gasteiger partial charge in [-0.3, -0.25) is 0 Å². The Kier molecular flexibility index (Phi) is 4.56. The standard InChI is InChI=1S/C17H17FN4O2S/c1-12-10-17(22(21-12)14-6-4-3-5-7-14)20-13-8-9-16(15(18)11-13)25(23,24)19-2/h3-11,19-20H,1-2H3. The summed E-state index contributed by atoms with van der Waals surface area (Å²) in [5, 5.41) is 7.50. The van der Waals surface area contributed by atoms with Gasteiger partial charge in [-0.15, -0.1) is 0 Å². The fraction of sp³-hybridized carbons (Fsp3) is 0.118. The van der Waals surface area contributed by atoms with Crippen LogP contribution in [-0.4, -0.2) is 25.2 Å². The number of hydrogen-bond acceptors (Lipinski definition) is 4. The predicted molar refractivity (Wildman–Crippen MR) is 94.2 cm³/mol. The van der Waals surface area contributed by atoms with Crippen LogP contribution in [0.15, 0.2) is 59.5 Å². The lowest BCUT2D eigenvalue weighted by molar-refractivity contribution is 0.562. The van der Waals surface area contributed by atoms with Crippen LogP contribution in [0.5, 0.6) is 0 Å². The molecule has 0 saturated heterocycles. The lowest BCUT2D eigenvalue weighted by Crippen LogP contribution is -2.19. The molecule has 0 radical (unpaired) electrons. The van der Waals surface area contributed by atoms with Crippen molar-refractivity contribution in [3.05, 3.63) is 66.1 Å². The van der Waals surface area contributed by atoms with Gasteiger partial charge in [0.2, 0.25) is 10.0 Å². The Hall–Kier alpha value is -2.71.